The SMILES string of the molecule is COC(=O)c1ccccc1C=NNC(=O)Cc1cccc(O)c1. The van der Waals surface area contributed by atoms with Crippen LogP contribution in [0.3, 0.4) is 0 Å². The smallest absolute Gasteiger partial charge is 0.338 e. The Morgan fingerprint density at radius 3 is 2.74 bits per heavy atom. The van der Waals surface area contributed by atoms with E-state index in [4.69, 9.17) is 0 Å². The predicted octanol–water partition coefficient (Wildman–Crippen LogP) is 1.87. The van der Waals surface area contributed by atoms with Crippen LogP contribution in [0.1, 0.15) is 21.5 Å². The van der Waals surface area contributed by atoms with Crippen LogP contribution in [0.5, 0.6) is 5.75 Å². The molecule has 0 saturated heterocycles. The largest absolute Gasteiger partial charge is 0.508 e. The molecule has 0 saturated carbocycles. The molecule has 2 rings (SSSR count). The fourth-order valence-electron chi connectivity index (χ4n) is 1.97. The molecule has 2 N–H and O–H groups in total. The lowest BCUT2D eigenvalue weighted by Crippen LogP contribution is -2.20. The zero-order chi connectivity index (χ0) is 16.7. The molecule has 0 radical (unpaired) electrons. The second kappa shape index (κ2) is 7.74. The van der Waals surface area contributed by atoms with Gasteiger partial charge in [0.15, 0.2) is 0 Å². The van der Waals surface area contributed by atoms with Crippen molar-refractivity contribution in [2.75, 3.05) is 7.11 Å². The second-order valence-electron chi connectivity index (χ2n) is 4.72. The molecule has 2 aromatic carbocycles. The summed E-state index contributed by atoms with van der Waals surface area (Å²) in [4.78, 5) is 23.4. The minimum Gasteiger partial charge on any atom is -0.508 e. The molecule has 0 fully saturated rings. The van der Waals surface area contributed by atoms with Crippen molar-refractivity contribution in [1.29, 1.82) is 0 Å². The van der Waals surface area contributed by atoms with Gasteiger partial charge in [-0.15, -0.1) is 0 Å². The Balaban J connectivity index is 1.99. The summed E-state index contributed by atoms with van der Waals surface area (Å²) < 4.78 is 4.68. The average molecular weight is 312 g/mol. The maximum absolute atomic E-state index is 11.8. The molecule has 0 aliphatic rings. The summed E-state index contributed by atoms with van der Waals surface area (Å²) in [5, 5.41) is 13.2. The van der Waals surface area contributed by atoms with Gasteiger partial charge in [-0.25, -0.2) is 10.2 Å². The molecule has 0 spiro atoms. The van der Waals surface area contributed by atoms with Gasteiger partial charge in [0, 0.05) is 5.56 Å². The Morgan fingerprint density at radius 1 is 1.22 bits per heavy atom. The number of hydrogen-bond acceptors (Lipinski definition) is 5. The number of nitrogens with one attached hydrogen (secondary N) is 1. The Labute approximate surface area is 133 Å². The molecule has 118 valence electrons. The maximum Gasteiger partial charge on any atom is 0.338 e. The number of hydrazone groups is 1. The number of benzene rings is 2. The van der Waals surface area contributed by atoms with E-state index in [1.807, 2.05) is 0 Å². The minimum atomic E-state index is -0.474. The third kappa shape index (κ3) is 4.67. The van der Waals surface area contributed by atoms with Crippen molar-refractivity contribution >= 4 is 18.1 Å². The molecule has 1 amide bonds. The van der Waals surface area contributed by atoms with Crippen LogP contribution < -0.4 is 5.43 Å². The van der Waals surface area contributed by atoms with Crippen molar-refractivity contribution in [2.24, 2.45) is 5.10 Å². The summed E-state index contributed by atoms with van der Waals surface area (Å²) in [6.45, 7) is 0. The van der Waals surface area contributed by atoms with Crippen LogP contribution in [-0.4, -0.2) is 30.3 Å². The Bertz CT molecular complexity index is 741. The lowest BCUT2D eigenvalue weighted by atomic mass is 10.1. The van der Waals surface area contributed by atoms with Crippen LogP contribution >= 0.6 is 0 Å². The van der Waals surface area contributed by atoms with Crippen LogP contribution in [0.25, 0.3) is 0 Å². The average Bonchev–Trinajstić information content (AvgIpc) is 2.54. The van der Waals surface area contributed by atoms with Crippen LogP contribution in [0, 0.1) is 0 Å². The Morgan fingerprint density at radius 2 is 2.00 bits per heavy atom. The van der Waals surface area contributed by atoms with Gasteiger partial charge in [0.2, 0.25) is 5.91 Å². The third-order valence-electron chi connectivity index (χ3n) is 3.03. The molecule has 2 aromatic rings. The van der Waals surface area contributed by atoms with E-state index < -0.39 is 5.97 Å². The zero-order valence-corrected chi connectivity index (χ0v) is 12.5. The first-order valence-corrected chi connectivity index (χ1v) is 6.87. The molecule has 0 unspecified atom stereocenters. The van der Waals surface area contributed by atoms with E-state index in [2.05, 4.69) is 15.3 Å². The van der Waals surface area contributed by atoms with Crippen LogP contribution in [-0.2, 0) is 16.0 Å². The van der Waals surface area contributed by atoms with E-state index in [0.717, 1.165) is 0 Å². The fraction of sp³-hybridized carbons (Fsp3) is 0.118. The fourth-order valence-corrected chi connectivity index (χ4v) is 1.97. The van der Waals surface area contributed by atoms with Gasteiger partial charge in [0.1, 0.15) is 5.75 Å². The molecule has 0 aliphatic carbocycles. The topological polar surface area (TPSA) is 88.0 Å². The van der Waals surface area contributed by atoms with E-state index in [-0.39, 0.29) is 18.1 Å². The number of rotatable bonds is 5. The summed E-state index contributed by atoms with van der Waals surface area (Å²) in [5.41, 5.74) is 3.95. The van der Waals surface area contributed by atoms with Crippen molar-refractivity contribution < 1.29 is 19.4 Å². The molecule has 0 aliphatic heterocycles. The minimum absolute atomic E-state index is 0.0877. The highest BCUT2D eigenvalue weighted by Gasteiger charge is 2.09. The molecular formula is C17H16N2O4. The van der Waals surface area contributed by atoms with E-state index in [9.17, 15) is 14.7 Å². The molecule has 6 heteroatoms. The van der Waals surface area contributed by atoms with Crippen LogP contribution in [0.4, 0.5) is 0 Å². The van der Waals surface area contributed by atoms with E-state index in [0.29, 0.717) is 16.7 Å². The highest BCUT2D eigenvalue weighted by Crippen LogP contribution is 2.11. The standard InChI is InChI=1S/C17H16N2O4/c1-23-17(22)15-8-3-2-6-13(15)11-18-19-16(21)10-12-5-4-7-14(20)9-12/h2-9,11,20H,10H2,1H3,(H,19,21). The number of aromatic hydroxyl groups is 1. The number of nitrogens with zero attached hydrogens (tertiary/aromatic N) is 1. The van der Waals surface area contributed by atoms with Gasteiger partial charge in [-0.05, 0) is 23.8 Å². The number of phenolic OH excluding ortho intramolecular Hbond substituents is 1. The number of amides is 1. The Hall–Kier alpha value is -3.15. The number of esters is 1. The molecule has 0 heterocycles. The van der Waals surface area contributed by atoms with Crippen molar-refractivity contribution in [3.05, 3.63) is 65.2 Å². The molecule has 0 aromatic heterocycles. The van der Waals surface area contributed by atoms with E-state index in [1.54, 1.807) is 36.4 Å². The molecule has 23 heavy (non-hydrogen) atoms. The van der Waals surface area contributed by atoms with Crippen molar-refractivity contribution in [2.45, 2.75) is 6.42 Å². The lowest BCUT2D eigenvalue weighted by molar-refractivity contribution is -0.120. The lowest BCUT2D eigenvalue weighted by Gasteiger charge is -2.03. The molecule has 0 bridgehead atoms. The van der Waals surface area contributed by atoms with Gasteiger partial charge < -0.3 is 9.84 Å². The van der Waals surface area contributed by atoms with Crippen molar-refractivity contribution in [3.63, 3.8) is 0 Å². The number of hydrogen-bond donors (Lipinski definition) is 2. The summed E-state index contributed by atoms with van der Waals surface area (Å²) in [5.74, 6) is -0.702. The van der Waals surface area contributed by atoms with Gasteiger partial charge in [-0.2, -0.15) is 5.10 Å². The van der Waals surface area contributed by atoms with E-state index >= 15 is 0 Å². The Kier molecular flexibility index (Phi) is 5.46. The van der Waals surface area contributed by atoms with Crippen LogP contribution in [0.2, 0.25) is 0 Å². The van der Waals surface area contributed by atoms with Crippen molar-refractivity contribution in [1.82, 2.24) is 5.43 Å². The van der Waals surface area contributed by atoms with Gasteiger partial charge in [-0.3, -0.25) is 4.79 Å². The monoisotopic (exact) mass is 312 g/mol. The summed E-state index contributed by atoms with van der Waals surface area (Å²) in [6, 6.07) is 13.2. The van der Waals surface area contributed by atoms with Gasteiger partial charge in [0.25, 0.3) is 0 Å². The number of ether oxygens (including phenoxy) is 1. The predicted molar refractivity (Wildman–Crippen MR) is 85.3 cm³/mol. The van der Waals surface area contributed by atoms with Gasteiger partial charge in [0.05, 0.1) is 25.3 Å². The summed E-state index contributed by atoms with van der Waals surface area (Å²) in [6.07, 6.45) is 1.47. The third-order valence-corrected chi connectivity index (χ3v) is 3.03. The van der Waals surface area contributed by atoms with Gasteiger partial charge in [-0.1, -0.05) is 30.3 Å². The molecule has 6 nitrogen and oxygen atoms in total. The summed E-state index contributed by atoms with van der Waals surface area (Å²) >= 11 is 0. The van der Waals surface area contributed by atoms with Crippen molar-refractivity contribution in [3.8, 4) is 5.75 Å². The first-order valence-electron chi connectivity index (χ1n) is 6.87. The second-order valence-corrected chi connectivity index (χ2v) is 4.72. The highest BCUT2D eigenvalue weighted by molar-refractivity contribution is 5.99. The number of methoxy groups -OCH3 is 1. The van der Waals surface area contributed by atoms with E-state index in [1.165, 1.54) is 25.5 Å². The number of carbonyl (C=O) groups is 2. The zero-order valence-electron chi connectivity index (χ0n) is 12.5. The van der Waals surface area contributed by atoms with Crippen LogP contribution in [0.15, 0.2) is 53.6 Å². The quantitative estimate of drug-likeness (QED) is 0.501. The summed E-state index contributed by atoms with van der Waals surface area (Å²) in [7, 11) is 1.30. The number of phenols is 1. The molecule has 0 atom stereocenters. The van der Waals surface area contributed by atoms with Gasteiger partial charge >= 0.3 is 5.97 Å². The normalized spacial score (nSPS) is 10.5. The first-order chi connectivity index (χ1) is 11.1. The maximum atomic E-state index is 11.8. The number of carbonyl (C=O) groups excluding carboxylic acids is 2. The first kappa shape index (κ1) is 16.2. The highest BCUT2D eigenvalue weighted by atomic mass is 16.5. The molecular weight excluding hydrogens is 296 g/mol.